The first-order valence-electron chi connectivity index (χ1n) is 11.2. The van der Waals surface area contributed by atoms with Gasteiger partial charge in [-0.05, 0) is 49.7 Å². The van der Waals surface area contributed by atoms with Crippen LogP contribution >= 0.6 is 34.8 Å². The number of benzene rings is 2. The van der Waals surface area contributed by atoms with Crippen LogP contribution < -0.4 is 9.88 Å². The average molecular weight is 575 g/mol. The number of halogens is 3. The lowest BCUT2D eigenvalue weighted by atomic mass is 10.1. The molecule has 0 amide bonds. The standard InChI is InChI=1S/C24H27Cl3N3O.CH4O3S/c1-2-3-4-15-31-24(22-10-7-20(26)16-23(22)27)17-30-14-13-29(18-30)12-11-28-21-8-5-19(25)6-9-21;1-5(2,3)4/h2-3,5-10,13-14,16,18,24,28H,4,11-12,15,17H2,1H3;1H3,(H,2,3,4)/q+1;/p-1/b3-2+;. The fourth-order valence-corrected chi connectivity index (χ4v) is 3.87. The maximum absolute atomic E-state index is 9.08. The van der Waals surface area contributed by atoms with Gasteiger partial charge in [-0.15, -0.1) is 0 Å². The first-order chi connectivity index (χ1) is 17.0. The van der Waals surface area contributed by atoms with Gasteiger partial charge in [-0.25, -0.2) is 17.6 Å². The van der Waals surface area contributed by atoms with Crippen LogP contribution in [0.15, 0.2) is 73.3 Å². The number of rotatable bonds is 11. The molecule has 1 heterocycles. The summed E-state index contributed by atoms with van der Waals surface area (Å²) >= 11 is 18.5. The third-order valence-electron chi connectivity index (χ3n) is 4.81. The van der Waals surface area contributed by atoms with Gasteiger partial charge in [-0.2, -0.15) is 0 Å². The second-order valence-electron chi connectivity index (χ2n) is 7.87. The Balaban J connectivity index is 0.000000830. The zero-order valence-electron chi connectivity index (χ0n) is 20.1. The van der Waals surface area contributed by atoms with E-state index in [-0.39, 0.29) is 6.10 Å². The molecule has 7 nitrogen and oxygen atoms in total. The topological polar surface area (TPSA) is 87.3 Å². The van der Waals surface area contributed by atoms with E-state index in [0.717, 1.165) is 35.8 Å². The smallest absolute Gasteiger partial charge is 0.243 e. The lowest BCUT2D eigenvalue weighted by Gasteiger charge is -2.18. The highest BCUT2D eigenvalue weighted by Crippen LogP contribution is 2.29. The first-order valence-corrected chi connectivity index (χ1v) is 14.1. The number of hydrogen-bond donors (Lipinski definition) is 1. The number of nitrogens with one attached hydrogen (secondary N) is 1. The van der Waals surface area contributed by atoms with Crippen LogP contribution in [0.1, 0.15) is 25.0 Å². The summed E-state index contributed by atoms with van der Waals surface area (Å²) in [5.74, 6) is 0. The Morgan fingerprint density at radius 2 is 1.81 bits per heavy atom. The van der Waals surface area contributed by atoms with Gasteiger partial charge in [-0.3, -0.25) is 0 Å². The molecule has 0 spiro atoms. The maximum atomic E-state index is 9.08. The molecule has 0 fully saturated rings. The van der Waals surface area contributed by atoms with Crippen molar-refractivity contribution in [1.29, 1.82) is 0 Å². The molecule has 0 radical (unpaired) electrons. The largest absolute Gasteiger partial charge is 0.748 e. The van der Waals surface area contributed by atoms with Crippen LogP contribution in [0.3, 0.4) is 0 Å². The Morgan fingerprint density at radius 1 is 1.14 bits per heavy atom. The van der Waals surface area contributed by atoms with Crippen molar-refractivity contribution >= 4 is 50.6 Å². The SMILES string of the molecule is C/C=C/CCOC(C[n+]1ccn(CCNc2ccc(Cl)cc2)c1)c1ccc(Cl)cc1Cl.CS(=O)(=O)[O-]. The van der Waals surface area contributed by atoms with Crippen molar-refractivity contribution in [1.82, 2.24) is 4.57 Å². The Bertz CT molecular complexity index is 1210. The highest BCUT2D eigenvalue weighted by atomic mass is 35.5. The Morgan fingerprint density at radius 3 is 2.44 bits per heavy atom. The van der Waals surface area contributed by atoms with Crippen molar-refractivity contribution in [2.24, 2.45) is 0 Å². The molecular formula is C25H30Cl3N3O4S. The quantitative estimate of drug-likeness (QED) is 0.137. The second kappa shape index (κ2) is 15.2. The van der Waals surface area contributed by atoms with E-state index in [0.29, 0.717) is 29.5 Å². The first kappa shape index (κ1) is 30.2. The van der Waals surface area contributed by atoms with Crippen molar-refractivity contribution in [3.63, 3.8) is 0 Å². The molecule has 0 aliphatic heterocycles. The van der Waals surface area contributed by atoms with E-state index in [1.54, 1.807) is 6.07 Å². The number of ether oxygens (including phenoxy) is 1. The van der Waals surface area contributed by atoms with Gasteiger partial charge in [-0.1, -0.05) is 53.0 Å². The minimum atomic E-state index is -3.92. The maximum Gasteiger partial charge on any atom is 0.243 e. The van der Waals surface area contributed by atoms with Crippen LogP contribution in [0.25, 0.3) is 0 Å². The van der Waals surface area contributed by atoms with E-state index < -0.39 is 10.1 Å². The summed E-state index contributed by atoms with van der Waals surface area (Å²) in [4.78, 5) is 0. The summed E-state index contributed by atoms with van der Waals surface area (Å²) in [6.07, 6.45) is 11.6. The van der Waals surface area contributed by atoms with Crippen LogP contribution in [0.4, 0.5) is 5.69 Å². The molecule has 0 aliphatic rings. The summed E-state index contributed by atoms with van der Waals surface area (Å²) in [7, 11) is -3.92. The van der Waals surface area contributed by atoms with Gasteiger partial charge in [0, 0.05) is 32.6 Å². The fourth-order valence-electron chi connectivity index (χ4n) is 3.22. The molecule has 2 aromatic carbocycles. The van der Waals surface area contributed by atoms with Gasteiger partial charge in [0.1, 0.15) is 31.6 Å². The molecule has 3 rings (SSSR count). The van der Waals surface area contributed by atoms with E-state index in [1.807, 2.05) is 49.4 Å². The van der Waals surface area contributed by atoms with E-state index in [2.05, 4.69) is 39.2 Å². The van der Waals surface area contributed by atoms with Crippen molar-refractivity contribution in [3.8, 4) is 0 Å². The summed E-state index contributed by atoms with van der Waals surface area (Å²) in [6, 6.07) is 13.3. The van der Waals surface area contributed by atoms with Crippen LogP contribution in [0.2, 0.25) is 15.1 Å². The third-order valence-corrected chi connectivity index (χ3v) is 5.63. The van der Waals surface area contributed by atoms with Gasteiger partial charge >= 0.3 is 0 Å². The predicted molar refractivity (Wildman–Crippen MR) is 145 cm³/mol. The molecule has 1 atom stereocenters. The number of imidazole rings is 1. The molecule has 0 bridgehead atoms. The van der Waals surface area contributed by atoms with Crippen LogP contribution in [-0.2, 0) is 27.9 Å². The molecule has 196 valence electrons. The molecule has 1 N–H and O–H groups in total. The summed E-state index contributed by atoms with van der Waals surface area (Å²) < 4.78 is 37.7. The molecular weight excluding hydrogens is 545 g/mol. The molecule has 1 aromatic heterocycles. The minimum absolute atomic E-state index is 0.164. The number of hydrogen-bond acceptors (Lipinski definition) is 5. The van der Waals surface area contributed by atoms with E-state index >= 15 is 0 Å². The number of allylic oxidation sites excluding steroid dienone is 1. The summed E-state index contributed by atoms with van der Waals surface area (Å²) in [5, 5.41) is 5.38. The number of anilines is 1. The highest BCUT2D eigenvalue weighted by molar-refractivity contribution is 7.84. The van der Waals surface area contributed by atoms with Crippen LogP contribution in [-0.4, -0.2) is 36.9 Å². The zero-order chi connectivity index (χ0) is 26.6. The molecule has 0 aliphatic carbocycles. The van der Waals surface area contributed by atoms with Gasteiger partial charge in [0.05, 0.1) is 23.3 Å². The predicted octanol–water partition coefficient (Wildman–Crippen LogP) is 5.73. The van der Waals surface area contributed by atoms with Crippen molar-refractivity contribution in [3.05, 3.63) is 94.0 Å². The van der Waals surface area contributed by atoms with E-state index in [1.165, 1.54) is 0 Å². The molecule has 0 saturated heterocycles. The number of aromatic nitrogens is 2. The molecule has 11 heteroatoms. The monoisotopic (exact) mass is 573 g/mol. The Hall–Kier alpha value is -2.07. The minimum Gasteiger partial charge on any atom is -0.748 e. The highest BCUT2D eigenvalue weighted by Gasteiger charge is 2.19. The lowest BCUT2D eigenvalue weighted by molar-refractivity contribution is -0.704. The fraction of sp³-hybridized carbons (Fsp3) is 0.320. The Kier molecular flexibility index (Phi) is 12.8. The molecule has 3 aromatic rings. The van der Waals surface area contributed by atoms with Crippen LogP contribution in [0.5, 0.6) is 0 Å². The van der Waals surface area contributed by atoms with Crippen molar-refractivity contribution < 1.29 is 22.3 Å². The molecule has 36 heavy (non-hydrogen) atoms. The second-order valence-corrected chi connectivity index (χ2v) is 10.6. The van der Waals surface area contributed by atoms with Crippen LogP contribution in [0, 0.1) is 0 Å². The van der Waals surface area contributed by atoms with Crippen molar-refractivity contribution in [2.75, 3.05) is 24.7 Å². The average Bonchev–Trinajstić information content (AvgIpc) is 3.23. The normalized spacial score (nSPS) is 12.3. The lowest BCUT2D eigenvalue weighted by Crippen LogP contribution is -2.36. The summed E-state index contributed by atoms with van der Waals surface area (Å²) in [6.45, 7) is 4.94. The molecule has 0 saturated carbocycles. The van der Waals surface area contributed by atoms with Gasteiger partial charge in [0.2, 0.25) is 6.33 Å². The number of nitrogens with zero attached hydrogens (tertiary/aromatic N) is 2. The Labute approximate surface area is 228 Å². The van der Waals surface area contributed by atoms with Gasteiger partial charge in [0.15, 0.2) is 0 Å². The van der Waals surface area contributed by atoms with Crippen molar-refractivity contribution in [2.45, 2.75) is 32.5 Å². The van der Waals surface area contributed by atoms with Gasteiger partial charge < -0.3 is 14.6 Å². The van der Waals surface area contributed by atoms with Gasteiger partial charge in [0.25, 0.3) is 0 Å². The van der Waals surface area contributed by atoms with E-state index in [4.69, 9.17) is 52.5 Å². The third kappa shape index (κ3) is 12.3. The molecule has 1 unspecified atom stereocenters. The van der Waals surface area contributed by atoms with E-state index in [9.17, 15) is 0 Å². The summed E-state index contributed by atoms with van der Waals surface area (Å²) in [5.41, 5.74) is 1.99. The zero-order valence-corrected chi connectivity index (χ0v) is 23.2.